The van der Waals surface area contributed by atoms with E-state index in [0.717, 1.165) is 69.6 Å². The molecule has 2 rings (SSSR count). The van der Waals surface area contributed by atoms with Gasteiger partial charge in [-0.1, -0.05) is 13.3 Å². The van der Waals surface area contributed by atoms with Gasteiger partial charge in [0.25, 0.3) is 0 Å². The van der Waals surface area contributed by atoms with Gasteiger partial charge in [0.1, 0.15) is 0 Å². The molecule has 0 aromatic heterocycles. The second-order valence-electron chi connectivity index (χ2n) is 6.54. The molecule has 0 fully saturated rings. The Bertz CT molecular complexity index is 596. The number of aliphatic imine (C=N–C) groups is 1. The van der Waals surface area contributed by atoms with Crippen LogP contribution in [0.25, 0.3) is 0 Å². The molecule has 1 aromatic rings. The highest BCUT2D eigenvalue weighted by atomic mass is 127. The summed E-state index contributed by atoms with van der Waals surface area (Å²) >= 11 is 0. The maximum atomic E-state index is 5.44. The van der Waals surface area contributed by atoms with E-state index in [1.807, 2.05) is 0 Å². The average molecular weight is 490 g/mol. The Morgan fingerprint density at radius 2 is 1.81 bits per heavy atom. The number of guanidine groups is 1. The van der Waals surface area contributed by atoms with Crippen molar-refractivity contribution in [1.82, 2.24) is 15.5 Å². The molecule has 1 aromatic carbocycles. The lowest BCUT2D eigenvalue weighted by Gasteiger charge is -2.29. The van der Waals surface area contributed by atoms with Crippen molar-refractivity contribution in [2.45, 2.75) is 39.7 Å². The van der Waals surface area contributed by atoms with Gasteiger partial charge in [-0.25, -0.2) is 0 Å². The van der Waals surface area contributed by atoms with Crippen molar-refractivity contribution < 1.29 is 9.47 Å². The Kier molecular flexibility index (Phi) is 11.5. The van der Waals surface area contributed by atoms with E-state index in [4.69, 9.17) is 9.47 Å². The zero-order valence-corrected chi connectivity index (χ0v) is 19.5. The third-order valence-electron chi connectivity index (χ3n) is 4.64. The van der Waals surface area contributed by atoms with Crippen molar-refractivity contribution in [1.29, 1.82) is 0 Å². The van der Waals surface area contributed by atoms with E-state index in [2.05, 4.69) is 46.5 Å². The molecule has 0 atom stereocenters. The van der Waals surface area contributed by atoms with Gasteiger partial charge in [-0.15, -0.1) is 24.0 Å². The first-order chi connectivity index (χ1) is 12.7. The minimum Gasteiger partial charge on any atom is -0.493 e. The monoisotopic (exact) mass is 490 g/mol. The average Bonchev–Trinajstić information content (AvgIpc) is 2.67. The topological polar surface area (TPSA) is 58.1 Å². The van der Waals surface area contributed by atoms with Crippen molar-refractivity contribution in [3.05, 3.63) is 23.3 Å². The summed E-state index contributed by atoms with van der Waals surface area (Å²) in [5.74, 6) is 2.55. The number of ether oxygens (including phenoxy) is 2. The second-order valence-corrected chi connectivity index (χ2v) is 6.54. The van der Waals surface area contributed by atoms with E-state index in [1.165, 1.54) is 17.5 Å². The maximum Gasteiger partial charge on any atom is 0.191 e. The quantitative estimate of drug-likeness (QED) is 0.241. The van der Waals surface area contributed by atoms with Gasteiger partial charge in [-0.05, 0) is 43.0 Å². The fourth-order valence-corrected chi connectivity index (χ4v) is 3.16. The van der Waals surface area contributed by atoms with Crippen molar-refractivity contribution in [3.63, 3.8) is 0 Å². The summed E-state index contributed by atoms with van der Waals surface area (Å²) in [6.45, 7) is 9.94. The van der Waals surface area contributed by atoms with Gasteiger partial charge >= 0.3 is 0 Å². The van der Waals surface area contributed by atoms with Gasteiger partial charge in [-0.3, -0.25) is 9.89 Å². The summed E-state index contributed by atoms with van der Waals surface area (Å²) in [5, 5.41) is 6.76. The van der Waals surface area contributed by atoms with E-state index < -0.39 is 0 Å². The van der Waals surface area contributed by atoms with Gasteiger partial charge in [0.2, 0.25) is 0 Å². The molecule has 1 heterocycles. The first kappa shape index (κ1) is 23.8. The lowest BCUT2D eigenvalue weighted by atomic mass is 9.99. The minimum absolute atomic E-state index is 0. The van der Waals surface area contributed by atoms with Gasteiger partial charge in [0.05, 0.1) is 14.2 Å². The molecule has 1 aliphatic heterocycles. The number of halogens is 1. The van der Waals surface area contributed by atoms with Crippen LogP contribution in [0.1, 0.15) is 37.8 Å². The summed E-state index contributed by atoms with van der Waals surface area (Å²) in [6.07, 6.45) is 3.34. The summed E-state index contributed by atoms with van der Waals surface area (Å²) in [5.41, 5.74) is 2.69. The fourth-order valence-electron chi connectivity index (χ4n) is 3.16. The Morgan fingerprint density at radius 3 is 2.44 bits per heavy atom. The molecule has 154 valence electrons. The zero-order chi connectivity index (χ0) is 18.8. The number of hydrogen-bond donors (Lipinski definition) is 2. The third-order valence-corrected chi connectivity index (χ3v) is 4.64. The van der Waals surface area contributed by atoms with Crippen LogP contribution in [0.3, 0.4) is 0 Å². The molecule has 0 unspecified atom stereocenters. The largest absolute Gasteiger partial charge is 0.493 e. The molecule has 0 saturated heterocycles. The molecule has 0 spiro atoms. The minimum atomic E-state index is 0. The normalized spacial score (nSPS) is 14.1. The van der Waals surface area contributed by atoms with Crippen LogP contribution in [0.5, 0.6) is 11.5 Å². The summed E-state index contributed by atoms with van der Waals surface area (Å²) in [7, 11) is 3.38. The van der Waals surface area contributed by atoms with E-state index in [1.54, 1.807) is 14.2 Å². The molecule has 0 amide bonds. The van der Waals surface area contributed by atoms with Crippen LogP contribution in [0.2, 0.25) is 0 Å². The molecule has 0 saturated carbocycles. The number of fused-ring (bicyclic) bond motifs is 1. The van der Waals surface area contributed by atoms with Crippen LogP contribution in [0, 0.1) is 0 Å². The molecular formula is C20H35IN4O2. The predicted molar refractivity (Wildman–Crippen MR) is 123 cm³/mol. The Balaban J connectivity index is 0.00000364. The van der Waals surface area contributed by atoms with E-state index >= 15 is 0 Å². The number of nitrogens with one attached hydrogen (secondary N) is 2. The number of nitrogens with zero attached hydrogens (tertiary/aromatic N) is 2. The smallest absolute Gasteiger partial charge is 0.191 e. The standard InChI is InChI=1S/C20H34N4O2.HI/c1-5-7-9-22-20(21-6-2)23-10-12-24-11-8-16-13-18(25-3)19(26-4)14-17(16)15-24;/h13-14H,5-12,15H2,1-4H3,(H2,21,22,23);1H. The molecule has 7 heteroatoms. The van der Waals surface area contributed by atoms with Gasteiger partial charge in [-0.2, -0.15) is 0 Å². The van der Waals surface area contributed by atoms with E-state index in [9.17, 15) is 0 Å². The maximum absolute atomic E-state index is 5.44. The van der Waals surface area contributed by atoms with Crippen LogP contribution in [-0.4, -0.2) is 57.8 Å². The van der Waals surface area contributed by atoms with Crippen molar-refractivity contribution in [2.24, 2.45) is 4.99 Å². The number of hydrogen-bond acceptors (Lipinski definition) is 4. The van der Waals surface area contributed by atoms with Crippen LogP contribution in [0.15, 0.2) is 17.1 Å². The summed E-state index contributed by atoms with van der Waals surface area (Å²) in [6, 6.07) is 4.23. The van der Waals surface area contributed by atoms with Crippen LogP contribution < -0.4 is 20.1 Å². The van der Waals surface area contributed by atoms with Gasteiger partial charge < -0.3 is 20.1 Å². The number of benzene rings is 1. The second kappa shape index (κ2) is 13.0. The first-order valence-corrected chi connectivity index (χ1v) is 9.70. The molecule has 0 bridgehead atoms. The Hall–Kier alpha value is -1.22. The number of rotatable bonds is 9. The summed E-state index contributed by atoms with van der Waals surface area (Å²) in [4.78, 5) is 7.08. The number of unbranched alkanes of at least 4 members (excludes halogenated alkanes) is 1. The lowest BCUT2D eigenvalue weighted by molar-refractivity contribution is 0.256. The van der Waals surface area contributed by atoms with Crippen LogP contribution in [0.4, 0.5) is 0 Å². The Labute approximate surface area is 181 Å². The predicted octanol–water partition coefficient (Wildman–Crippen LogP) is 3.04. The molecule has 0 aliphatic carbocycles. The number of methoxy groups -OCH3 is 2. The van der Waals surface area contributed by atoms with E-state index in [0.29, 0.717) is 0 Å². The van der Waals surface area contributed by atoms with Crippen LogP contribution in [-0.2, 0) is 13.0 Å². The molecule has 1 aliphatic rings. The zero-order valence-electron chi connectivity index (χ0n) is 17.1. The SMILES string of the molecule is CCCCN=C(NCC)NCCN1CCc2cc(OC)c(OC)cc2C1.I. The highest BCUT2D eigenvalue weighted by Gasteiger charge is 2.19. The van der Waals surface area contributed by atoms with Crippen molar-refractivity contribution >= 4 is 29.9 Å². The molecular weight excluding hydrogens is 455 g/mol. The highest BCUT2D eigenvalue weighted by molar-refractivity contribution is 14.0. The first-order valence-electron chi connectivity index (χ1n) is 9.70. The van der Waals surface area contributed by atoms with Gasteiger partial charge in [0.15, 0.2) is 17.5 Å². The highest BCUT2D eigenvalue weighted by Crippen LogP contribution is 2.33. The van der Waals surface area contributed by atoms with Crippen molar-refractivity contribution in [2.75, 3.05) is 46.9 Å². The van der Waals surface area contributed by atoms with E-state index in [-0.39, 0.29) is 24.0 Å². The lowest BCUT2D eigenvalue weighted by Crippen LogP contribution is -2.42. The van der Waals surface area contributed by atoms with Gasteiger partial charge in [0, 0.05) is 39.3 Å². The molecule has 27 heavy (non-hydrogen) atoms. The summed E-state index contributed by atoms with van der Waals surface area (Å²) < 4.78 is 10.9. The molecule has 0 radical (unpaired) electrons. The fraction of sp³-hybridized carbons (Fsp3) is 0.650. The molecule has 6 nitrogen and oxygen atoms in total. The molecule has 2 N–H and O–H groups in total. The van der Waals surface area contributed by atoms with Crippen LogP contribution >= 0.6 is 24.0 Å². The Morgan fingerprint density at radius 1 is 1.11 bits per heavy atom. The third kappa shape index (κ3) is 7.37. The van der Waals surface area contributed by atoms with Crippen molar-refractivity contribution in [3.8, 4) is 11.5 Å².